The number of ether oxygens (including phenoxy) is 1. The highest BCUT2D eigenvalue weighted by molar-refractivity contribution is 5.91. The Morgan fingerprint density at radius 1 is 1.42 bits per heavy atom. The molecule has 1 fully saturated rings. The van der Waals surface area contributed by atoms with E-state index in [0.29, 0.717) is 18.1 Å². The second-order valence-electron chi connectivity index (χ2n) is 6.38. The summed E-state index contributed by atoms with van der Waals surface area (Å²) in [5.41, 5.74) is 0.931. The van der Waals surface area contributed by atoms with E-state index in [1.807, 2.05) is 13.0 Å². The van der Waals surface area contributed by atoms with Crippen molar-refractivity contribution in [3.63, 3.8) is 0 Å². The molecule has 0 saturated heterocycles. The van der Waals surface area contributed by atoms with Crippen molar-refractivity contribution in [1.29, 1.82) is 0 Å². The van der Waals surface area contributed by atoms with Gasteiger partial charge in [-0.15, -0.1) is 0 Å². The molecule has 2 amide bonds. The van der Waals surface area contributed by atoms with Crippen molar-refractivity contribution in [3.8, 4) is 0 Å². The van der Waals surface area contributed by atoms with E-state index in [0.717, 1.165) is 31.4 Å². The number of anilines is 1. The van der Waals surface area contributed by atoms with Crippen molar-refractivity contribution in [3.05, 3.63) is 29.8 Å². The van der Waals surface area contributed by atoms with Crippen LogP contribution in [0.4, 0.5) is 10.6 Å². The van der Waals surface area contributed by atoms with E-state index in [9.17, 15) is 9.59 Å². The van der Waals surface area contributed by atoms with Gasteiger partial charge < -0.3 is 19.9 Å². The molecule has 1 saturated carbocycles. The number of nitrogens with one attached hydrogen (secondary N) is 3. The van der Waals surface area contributed by atoms with E-state index < -0.39 is 0 Å². The highest BCUT2D eigenvalue weighted by Crippen LogP contribution is 2.35. The van der Waals surface area contributed by atoms with Gasteiger partial charge in [0, 0.05) is 30.3 Å². The maximum atomic E-state index is 12.0. The minimum Gasteiger partial charge on any atom is -0.446 e. The third-order valence-corrected chi connectivity index (χ3v) is 4.31. The Bertz CT molecular complexity index is 727. The van der Waals surface area contributed by atoms with Crippen molar-refractivity contribution in [1.82, 2.24) is 20.7 Å². The predicted octanol–water partition coefficient (Wildman–Crippen LogP) is 2.35. The van der Waals surface area contributed by atoms with Crippen molar-refractivity contribution in [2.24, 2.45) is 0 Å². The van der Waals surface area contributed by atoms with Crippen molar-refractivity contribution in [2.75, 3.05) is 11.9 Å². The van der Waals surface area contributed by atoms with Gasteiger partial charge in [0.05, 0.1) is 12.6 Å². The van der Waals surface area contributed by atoms with Crippen LogP contribution in [0.25, 0.3) is 0 Å². The van der Waals surface area contributed by atoms with Crippen molar-refractivity contribution < 1.29 is 18.8 Å². The second kappa shape index (κ2) is 8.50. The summed E-state index contributed by atoms with van der Waals surface area (Å²) in [6.07, 6.45) is 4.49. The van der Waals surface area contributed by atoms with Crippen LogP contribution in [-0.4, -0.2) is 40.0 Å². The SMILES string of the molecule is CCCNC(=O)OC1CCC(c2cc(NC(=O)Cc3ccno3)n[nH]2)C1. The van der Waals surface area contributed by atoms with Crippen LogP contribution in [0, 0.1) is 0 Å². The molecular formula is C17H23N5O4. The fraction of sp³-hybridized carbons (Fsp3) is 0.529. The van der Waals surface area contributed by atoms with Crippen LogP contribution in [0.3, 0.4) is 0 Å². The average molecular weight is 361 g/mol. The molecule has 0 aliphatic heterocycles. The lowest BCUT2D eigenvalue weighted by Gasteiger charge is -2.12. The number of carbonyl (C=O) groups is 2. The van der Waals surface area contributed by atoms with Crippen LogP contribution >= 0.6 is 0 Å². The number of H-pyrrole nitrogens is 1. The number of alkyl carbamates (subject to hydrolysis) is 1. The Labute approximate surface area is 150 Å². The van der Waals surface area contributed by atoms with Crippen molar-refractivity contribution in [2.45, 2.75) is 51.0 Å². The van der Waals surface area contributed by atoms with E-state index >= 15 is 0 Å². The number of rotatable bonds is 7. The van der Waals surface area contributed by atoms with Crippen LogP contribution < -0.4 is 10.6 Å². The fourth-order valence-corrected chi connectivity index (χ4v) is 3.04. The molecule has 9 heteroatoms. The number of aromatic amines is 1. The molecule has 0 spiro atoms. The molecule has 1 aliphatic carbocycles. The third-order valence-electron chi connectivity index (χ3n) is 4.31. The summed E-state index contributed by atoms with van der Waals surface area (Å²) in [6.45, 7) is 2.61. The summed E-state index contributed by atoms with van der Waals surface area (Å²) in [5.74, 6) is 0.969. The quantitative estimate of drug-likeness (QED) is 0.696. The molecule has 26 heavy (non-hydrogen) atoms. The number of aromatic nitrogens is 3. The first kappa shape index (κ1) is 18.0. The lowest BCUT2D eigenvalue weighted by molar-refractivity contribution is -0.115. The molecule has 1 aliphatic rings. The van der Waals surface area contributed by atoms with Crippen LogP contribution in [0.1, 0.15) is 50.0 Å². The molecule has 2 aromatic rings. The minimum atomic E-state index is -0.359. The highest BCUT2D eigenvalue weighted by Gasteiger charge is 2.30. The predicted molar refractivity (Wildman–Crippen MR) is 92.6 cm³/mol. The zero-order valence-electron chi connectivity index (χ0n) is 14.7. The normalized spacial score (nSPS) is 19.3. The van der Waals surface area contributed by atoms with Gasteiger partial charge in [-0.2, -0.15) is 5.10 Å². The lowest BCUT2D eigenvalue weighted by atomic mass is 10.0. The molecule has 3 N–H and O–H groups in total. The zero-order chi connectivity index (χ0) is 18.4. The Kier molecular flexibility index (Phi) is 5.88. The maximum Gasteiger partial charge on any atom is 0.407 e. The molecule has 2 unspecified atom stereocenters. The van der Waals surface area contributed by atoms with E-state index in [4.69, 9.17) is 9.26 Å². The monoisotopic (exact) mass is 361 g/mol. The fourth-order valence-electron chi connectivity index (χ4n) is 3.04. The standard InChI is InChI=1S/C17H23N5O4/c1-2-6-18-17(24)25-12-4-3-11(8-12)14-10-15(22-21-14)20-16(23)9-13-5-7-19-26-13/h5,7,10-12H,2-4,6,8-9H2,1H3,(H,18,24)(H2,20,21,22,23). The molecule has 0 aromatic carbocycles. The molecule has 0 radical (unpaired) electrons. The van der Waals surface area contributed by atoms with Gasteiger partial charge >= 0.3 is 6.09 Å². The Hall–Kier alpha value is -2.84. The first-order valence-electron chi connectivity index (χ1n) is 8.83. The summed E-state index contributed by atoms with van der Waals surface area (Å²) in [4.78, 5) is 23.6. The summed E-state index contributed by atoms with van der Waals surface area (Å²) in [6, 6.07) is 3.47. The van der Waals surface area contributed by atoms with Gasteiger partial charge in [0.15, 0.2) is 5.82 Å². The highest BCUT2D eigenvalue weighted by atomic mass is 16.6. The first-order valence-corrected chi connectivity index (χ1v) is 8.83. The van der Waals surface area contributed by atoms with E-state index in [1.165, 1.54) is 6.20 Å². The Morgan fingerprint density at radius 2 is 2.31 bits per heavy atom. The Morgan fingerprint density at radius 3 is 3.08 bits per heavy atom. The van der Waals surface area contributed by atoms with Gasteiger partial charge in [0.1, 0.15) is 11.9 Å². The van der Waals surface area contributed by atoms with E-state index in [1.54, 1.807) is 6.07 Å². The van der Waals surface area contributed by atoms with E-state index in [2.05, 4.69) is 26.0 Å². The van der Waals surface area contributed by atoms with Gasteiger partial charge in [-0.05, 0) is 25.7 Å². The van der Waals surface area contributed by atoms with Crippen LogP contribution in [-0.2, 0) is 16.0 Å². The summed E-state index contributed by atoms with van der Waals surface area (Å²) < 4.78 is 10.3. The van der Waals surface area contributed by atoms with Crippen LogP contribution in [0.2, 0.25) is 0 Å². The summed E-state index contributed by atoms with van der Waals surface area (Å²) in [7, 11) is 0. The summed E-state index contributed by atoms with van der Waals surface area (Å²) in [5, 5.41) is 16.1. The van der Waals surface area contributed by atoms with Gasteiger partial charge in [0.25, 0.3) is 0 Å². The molecule has 9 nitrogen and oxygen atoms in total. The van der Waals surface area contributed by atoms with E-state index in [-0.39, 0.29) is 30.4 Å². The van der Waals surface area contributed by atoms with Crippen molar-refractivity contribution >= 4 is 17.8 Å². The number of hydrogen-bond acceptors (Lipinski definition) is 6. The molecule has 140 valence electrons. The molecular weight excluding hydrogens is 338 g/mol. The van der Waals surface area contributed by atoms with Gasteiger partial charge in [-0.3, -0.25) is 9.89 Å². The topological polar surface area (TPSA) is 122 Å². The lowest BCUT2D eigenvalue weighted by Crippen LogP contribution is -2.28. The molecule has 3 rings (SSSR count). The van der Waals surface area contributed by atoms with Gasteiger partial charge in [0.2, 0.25) is 5.91 Å². The number of nitrogens with zero attached hydrogens (tertiary/aromatic N) is 2. The first-order chi connectivity index (χ1) is 12.6. The smallest absolute Gasteiger partial charge is 0.407 e. The summed E-state index contributed by atoms with van der Waals surface area (Å²) >= 11 is 0. The van der Waals surface area contributed by atoms with Gasteiger partial charge in [-0.1, -0.05) is 12.1 Å². The molecule has 2 heterocycles. The number of hydrogen-bond donors (Lipinski definition) is 3. The Balaban J connectivity index is 1.47. The second-order valence-corrected chi connectivity index (χ2v) is 6.38. The molecule has 2 aromatic heterocycles. The molecule has 2 atom stereocenters. The third kappa shape index (κ3) is 4.84. The minimum absolute atomic E-state index is 0.0929. The zero-order valence-corrected chi connectivity index (χ0v) is 14.7. The molecule has 0 bridgehead atoms. The number of amides is 2. The largest absolute Gasteiger partial charge is 0.446 e. The average Bonchev–Trinajstić information content (AvgIpc) is 3.35. The van der Waals surface area contributed by atoms with Crippen LogP contribution in [0.15, 0.2) is 22.9 Å². The maximum absolute atomic E-state index is 12.0. The van der Waals surface area contributed by atoms with Crippen LogP contribution in [0.5, 0.6) is 0 Å². The van der Waals surface area contributed by atoms with Gasteiger partial charge in [-0.25, -0.2) is 4.79 Å². The number of carbonyl (C=O) groups excluding carboxylic acids is 2.